The molecule has 1 aliphatic heterocycles. The highest BCUT2D eigenvalue weighted by Crippen LogP contribution is 2.15. The van der Waals surface area contributed by atoms with Crippen LogP contribution in [0.2, 0.25) is 0 Å². The van der Waals surface area contributed by atoms with Gasteiger partial charge in [0.15, 0.2) is 0 Å². The number of hydrogen-bond donors (Lipinski definition) is 1. The van der Waals surface area contributed by atoms with Crippen molar-refractivity contribution in [2.75, 3.05) is 47.1 Å². The molecule has 1 heterocycles. The van der Waals surface area contributed by atoms with Crippen LogP contribution in [0.25, 0.3) is 0 Å². The molecule has 0 saturated carbocycles. The minimum absolute atomic E-state index is 0.640. The average Bonchev–Trinajstić information content (AvgIpc) is 2.33. The summed E-state index contributed by atoms with van der Waals surface area (Å²) in [5.74, 6) is 0. The van der Waals surface area contributed by atoms with Crippen molar-refractivity contribution < 1.29 is 9.47 Å². The third kappa shape index (κ3) is 5.82. The van der Waals surface area contributed by atoms with Gasteiger partial charge in [-0.1, -0.05) is 0 Å². The molecule has 0 spiro atoms. The largest absolute Gasteiger partial charge is 0.385 e. The molecule has 0 aromatic heterocycles. The van der Waals surface area contributed by atoms with E-state index in [1.807, 2.05) is 0 Å². The molecule has 1 fully saturated rings. The SMILES string of the molecule is COCCCN(CCOC)C1CCNC(C)C1. The van der Waals surface area contributed by atoms with Crippen LogP contribution in [0.15, 0.2) is 0 Å². The average molecular weight is 244 g/mol. The lowest BCUT2D eigenvalue weighted by atomic mass is 9.99. The molecule has 1 aliphatic rings. The first-order chi connectivity index (χ1) is 8.27. The van der Waals surface area contributed by atoms with Crippen molar-refractivity contribution in [3.8, 4) is 0 Å². The Labute approximate surface area is 106 Å². The Bertz CT molecular complexity index is 190. The molecular weight excluding hydrogens is 216 g/mol. The zero-order valence-electron chi connectivity index (χ0n) is 11.6. The topological polar surface area (TPSA) is 33.7 Å². The fourth-order valence-corrected chi connectivity index (χ4v) is 2.53. The summed E-state index contributed by atoms with van der Waals surface area (Å²) in [6.45, 7) is 7.25. The number of nitrogens with one attached hydrogen (secondary N) is 1. The van der Waals surface area contributed by atoms with Crippen molar-refractivity contribution in [3.05, 3.63) is 0 Å². The fraction of sp³-hybridized carbons (Fsp3) is 1.00. The predicted molar refractivity (Wildman–Crippen MR) is 70.4 cm³/mol. The van der Waals surface area contributed by atoms with Crippen LogP contribution in [0, 0.1) is 0 Å². The van der Waals surface area contributed by atoms with E-state index in [0.29, 0.717) is 12.1 Å². The molecule has 2 unspecified atom stereocenters. The van der Waals surface area contributed by atoms with Gasteiger partial charge in [-0.2, -0.15) is 0 Å². The summed E-state index contributed by atoms with van der Waals surface area (Å²) in [5.41, 5.74) is 0. The number of piperidine rings is 1. The maximum Gasteiger partial charge on any atom is 0.0589 e. The van der Waals surface area contributed by atoms with E-state index in [4.69, 9.17) is 9.47 Å². The molecular formula is C13H28N2O2. The Balaban J connectivity index is 2.36. The zero-order chi connectivity index (χ0) is 12.5. The first-order valence-corrected chi connectivity index (χ1v) is 6.73. The Morgan fingerprint density at radius 3 is 2.59 bits per heavy atom. The molecule has 102 valence electrons. The van der Waals surface area contributed by atoms with Gasteiger partial charge < -0.3 is 14.8 Å². The van der Waals surface area contributed by atoms with Crippen molar-refractivity contribution in [1.29, 1.82) is 0 Å². The van der Waals surface area contributed by atoms with Crippen molar-refractivity contribution in [2.24, 2.45) is 0 Å². The van der Waals surface area contributed by atoms with Crippen molar-refractivity contribution in [3.63, 3.8) is 0 Å². The third-order valence-electron chi connectivity index (χ3n) is 3.49. The lowest BCUT2D eigenvalue weighted by molar-refractivity contribution is 0.0874. The molecule has 0 aromatic rings. The molecule has 0 bridgehead atoms. The van der Waals surface area contributed by atoms with E-state index in [-0.39, 0.29) is 0 Å². The van der Waals surface area contributed by atoms with E-state index in [9.17, 15) is 0 Å². The highest BCUT2D eigenvalue weighted by atomic mass is 16.5. The van der Waals surface area contributed by atoms with E-state index < -0.39 is 0 Å². The number of hydrogen-bond acceptors (Lipinski definition) is 4. The van der Waals surface area contributed by atoms with Crippen LogP contribution in [-0.2, 0) is 9.47 Å². The predicted octanol–water partition coefficient (Wildman–Crippen LogP) is 1.11. The van der Waals surface area contributed by atoms with E-state index in [1.54, 1.807) is 14.2 Å². The maximum absolute atomic E-state index is 5.21. The van der Waals surface area contributed by atoms with Gasteiger partial charge in [-0.25, -0.2) is 0 Å². The van der Waals surface area contributed by atoms with Crippen LogP contribution in [0.5, 0.6) is 0 Å². The molecule has 0 radical (unpaired) electrons. The second kappa shape index (κ2) is 8.86. The smallest absolute Gasteiger partial charge is 0.0589 e. The van der Waals surface area contributed by atoms with Crippen LogP contribution in [0.1, 0.15) is 26.2 Å². The molecule has 17 heavy (non-hydrogen) atoms. The lowest BCUT2D eigenvalue weighted by Crippen LogP contribution is -2.48. The van der Waals surface area contributed by atoms with Gasteiger partial charge in [0, 0.05) is 46.0 Å². The zero-order valence-corrected chi connectivity index (χ0v) is 11.6. The molecule has 2 atom stereocenters. The van der Waals surface area contributed by atoms with Crippen LogP contribution in [-0.4, -0.2) is 64.1 Å². The highest BCUT2D eigenvalue weighted by Gasteiger charge is 2.23. The standard InChI is InChI=1S/C13H28N2O2/c1-12-11-13(5-6-14-12)15(8-10-17-3)7-4-9-16-2/h12-14H,4-11H2,1-3H3. The molecule has 4 heteroatoms. The number of methoxy groups -OCH3 is 2. The van der Waals surface area contributed by atoms with Gasteiger partial charge in [-0.05, 0) is 32.7 Å². The molecule has 1 rings (SSSR count). The summed E-state index contributed by atoms with van der Waals surface area (Å²) in [6.07, 6.45) is 3.61. The minimum Gasteiger partial charge on any atom is -0.385 e. The van der Waals surface area contributed by atoms with Crippen LogP contribution in [0.4, 0.5) is 0 Å². The summed E-state index contributed by atoms with van der Waals surface area (Å²) in [4.78, 5) is 2.57. The van der Waals surface area contributed by atoms with Crippen LogP contribution < -0.4 is 5.32 Å². The van der Waals surface area contributed by atoms with Gasteiger partial charge >= 0.3 is 0 Å². The van der Waals surface area contributed by atoms with E-state index >= 15 is 0 Å². The Morgan fingerprint density at radius 1 is 1.18 bits per heavy atom. The second-order valence-electron chi connectivity index (χ2n) is 4.91. The van der Waals surface area contributed by atoms with Gasteiger partial charge in [-0.15, -0.1) is 0 Å². The number of rotatable bonds is 8. The van der Waals surface area contributed by atoms with E-state index in [1.165, 1.54) is 12.8 Å². The van der Waals surface area contributed by atoms with Gasteiger partial charge in [0.1, 0.15) is 0 Å². The summed E-state index contributed by atoms with van der Waals surface area (Å²) >= 11 is 0. The Morgan fingerprint density at radius 2 is 1.94 bits per heavy atom. The quantitative estimate of drug-likeness (QED) is 0.649. The summed E-state index contributed by atoms with van der Waals surface area (Å²) in [5, 5.41) is 3.51. The van der Waals surface area contributed by atoms with Crippen LogP contribution >= 0.6 is 0 Å². The molecule has 0 aliphatic carbocycles. The molecule has 1 N–H and O–H groups in total. The Kier molecular flexibility index (Phi) is 7.77. The molecule has 4 nitrogen and oxygen atoms in total. The van der Waals surface area contributed by atoms with Gasteiger partial charge in [0.2, 0.25) is 0 Å². The minimum atomic E-state index is 0.640. The summed E-state index contributed by atoms with van der Waals surface area (Å²) in [7, 11) is 3.55. The monoisotopic (exact) mass is 244 g/mol. The summed E-state index contributed by atoms with van der Waals surface area (Å²) < 4.78 is 10.3. The van der Waals surface area contributed by atoms with Crippen molar-refractivity contribution >= 4 is 0 Å². The third-order valence-corrected chi connectivity index (χ3v) is 3.49. The van der Waals surface area contributed by atoms with E-state index in [0.717, 1.165) is 39.3 Å². The van der Waals surface area contributed by atoms with Gasteiger partial charge in [-0.3, -0.25) is 4.90 Å². The first kappa shape index (κ1) is 14.9. The first-order valence-electron chi connectivity index (χ1n) is 6.73. The fourth-order valence-electron chi connectivity index (χ4n) is 2.53. The van der Waals surface area contributed by atoms with Gasteiger partial charge in [0.25, 0.3) is 0 Å². The molecule has 1 saturated heterocycles. The number of nitrogens with zero attached hydrogens (tertiary/aromatic N) is 1. The van der Waals surface area contributed by atoms with Crippen LogP contribution in [0.3, 0.4) is 0 Å². The molecule has 0 aromatic carbocycles. The summed E-state index contributed by atoms with van der Waals surface area (Å²) in [6, 6.07) is 1.35. The van der Waals surface area contributed by atoms with E-state index in [2.05, 4.69) is 17.1 Å². The highest BCUT2D eigenvalue weighted by molar-refractivity contribution is 4.82. The molecule has 0 amide bonds. The Hall–Kier alpha value is -0.160. The van der Waals surface area contributed by atoms with Crippen molar-refractivity contribution in [2.45, 2.75) is 38.3 Å². The second-order valence-corrected chi connectivity index (χ2v) is 4.91. The van der Waals surface area contributed by atoms with Crippen molar-refractivity contribution in [1.82, 2.24) is 10.2 Å². The normalized spacial score (nSPS) is 25.4. The lowest BCUT2D eigenvalue weighted by Gasteiger charge is -2.37. The maximum atomic E-state index is 5.21. The number of ether oxygens (including phenoxy) is 2. The van der Waals surface area contributed by atoms with Gasteiger partial charge in [0.05, 0.1) is 6.61 Å².